The molecule has 0 atom stereocenters. The second-order valence-corrected chi connectivity index (χ2v) is 10.6. The third-order valence-corrected chi connectivity index (χ3v) is 7.18. The third-order valence-electron chi connectivity index (χ3n) is 4.42. The normalized spacial score (nSPS) is 21.8. The lowest BCUT2D eigenvalue weighted by Crippen LogP contribution is -2.38. The maximum Gasteiger partial charge on any atom is 0.335 e. The van der Waals surface area contributed by atoms with Gasteiger partial charge in [0.25, 0.3) is 0 Å². The monoisotopic (exact) mass is 389 g/mol. The number of hydrogen-bond acceptors (Lipinski definition) is 5. The zero-order valence-electron chi connectivity index (χ0n) is 14.2. The van der Waals surface area contributed by atoms with E-state index in [4.69, 9.17) is 5.11 Å². The molecule has 0 spiro atoms. The van der Waals surface area contributed by atoms with E-state index in [2.05, 4.69) is 4.72 Å². The predicted octanol–water partition coefficient (Wildman–Crippen LogP) is 1.57. The Morgan fingerprint density at radius 2 is 1.76 bits per heavy atom. The van der Waals surface area contributed by atoms with Crippen molar-refractivity contribution in [3.8, 4) is 0 Å². The number of nitrogens with one attached hydrogen (secondary N) is 1. The number of sulfonamides is 1. The van der Waals surface area contributed by atoms with Crippen molar-refractivity contribution < 1.29 is 26.7 Å². The lowest BCUT2D eigenvalue weighted by Gasteiger charge is -2.28. The molecule has 0 radical (unpaired) electrons. The van der Waals surface area contributed by atoms with Gasteiger partial charge >= 0.3 is 5.97 Å². The molecule has 0 heterocycles. The Morgan fingerprint density at radius 3 is 2.24 bits per heavy atom. The van der Waals surface area contributed by atoms with Gasteiger partial charge in [-0.15, -0.1) is 0 Å². The van der Waals surface area contributed by atoms with Crippen LogP contribution in [0.15, 0.2) is 23.1 Å². The number of aromatic carboxylic acids is 1. The van der Waals surface area contributed by atoms with E-state index in [0.717, 1.165) is 0 Å². The van der Waals surface area contributed by atoms with E-state index in [-0.39, 0.29) is 28.2 Å². The lowest BCUT2D eigenvalue weighted by molar-refractivity contribution is 0.0696. The molecule has 140 valence electrons. The summed E-state index contributed by atoms with van der Waals surface area (Å²) in [5.41, 5.74) is 0.413. The van der Waals surface area contributed by atoms with Gasteiger partial charge in [0.1, 0.15) is 9.84 Å². The Bertz CT molecular complexity index is 853. The summed E-state index contributed by atoms with van der Waals surface area (Å²) in [6, 6.07) is 3.67. The van der Waals surface area contributed by atoms with E-state index in [1.165, 1.54) is 24.5 Å². The SMILES string of the molecule is Cc1cc(C(=O)O)ccc1S(=O)(=O)NC1CCC(CS(C)(=O)=O)CC1. The fourth-order valence-corrected chi connectivity index (χ4v) is 5.96. The van der Waals surface area contributed by atoms with Crippen molar-refractivity contribution in [2.75, 3.05) is 12.0 Å². The first-order chi connectivity index (χ1) is 11.5. The van der Waals surface area contributed by atoms with Crippen LogP contribution in [-0.4, -0.2) is 46.0 Å². The topological polar surface area (TPSA) is 118 Å². The fraction of sp³-hybridized carbons (Fsp3) is 0.562. The van der Waals surface area contributed by atoms with Crippen LogP contribution in [0.1, 0.15) is 41.6 Å². The van der Waals surface area contributed by atoms with Crippen molar-refractivity contribution in [2.45, 2.75) is 43.5 Å². The first-order valence-electron chi connectivity index (χ1n) is 8.02. The smallest absolute Gasteiger partial charge is 0.335 e. The highest BCUT2D eigenvalue weighted by molar-refractivity contribution is 7.90. The third kappa shape index (κ3) is 5.52. The minimum absolute atomic E-state index is 0.0396. The van der Waals surface area contributed by atoms with E-state index < -0.39 is 25.8 Å². The van der Waals surface area contributed by atoms with Crippen LogP contribution in [0.3, 0.4) is 0 Å². The molecule has 0 aromatic heterocycles. The maximum absolute atomic E-state index is 12.6. The molecule has 0 unspecified atom stereocenters. The average molecular weight is 389 g/mol. The number of aryl methyl sites for hydroxylation is 1. The van der Waals surface area contributed by atoms with Gasteiger partial charge in [-0.2, -0.15) is 0 Å². The summed E-state index contributed by atoms with van der Waals surface area (Å²) in [5, 5.41) is 8.96. The van der Waals surface area contributed by atoms with E-state index in [9.17, 15) is 21.6 Å². The molecule has 1 aliphatic carbocycles. The summed E-state index contributed by atoms with van der Waals surface area (Å²) in [6.45, 7) is 1.56. The summed E-state index contributed by atoms with van der Waals surface area (Å²) in [7, 11) is -6.77. The summed E-state index contributed by atoms with van der Waals surface area (Å²) >= 11 is 0. The highest BCUT2D eigenvalue weighted by Crippen LogP contribution is 2.27. The number of carbonyl (C=O) groups is 1. The van der Waals surface area contributed by atoms with E-state index >= 15 is 0 Å². The molecular formula is C16H23NO6S2. The van der Waals surface area contributed by atoms with Crippen molar-refractivity contribution in [3.05, 3.63) is 29.3 Å². The Balaban J connectivity index is 2.04. The van der Waals surface area contributed by atoms with Gasteiger partial charge in [-0.3, -0.25) is 0 Å². The van der Waals surface area contributed by atoms with Gasteiger partial charge in [-0.25, -0.2) is 26.4 Å². The molecule has 1 aromatic rings. The highest BCUT2D eigenvalue weighted by atomic mass is 32.2. The Morgan fingerprint density at radius 1 is 1.16 bits per heavy atom. The molecule has 1 fully saturated rings. The summed E-state index contributed by atoms with van der Waals surface area (Å²) in [5.74, 6) is -0.890. The second-order valence-electron chi connectivity index (χ2n) is 6.72. The molecule has 0 saturated heterocycles. The zero-order valence-corrected chi connectivity index (χ0v) is 15.9. The van der Waals surface area contributed by atoms with Crippen molar-refractivity contribution in [1.29, 1.82) is 0 Å². The summed E-state index contributed by atoms with van der Waals surface area (Å²) in [6.07, 6.45) is 3.72. The van der Waals surface area contributed by atoms with Crippen molar-refractivity contribution in [3.63, 3.8) is 0 Å². The minimum atomic E-state index is -3.75. The predicted molar refractivity (Wildman–Crippen MR) is 93.9 cm³/mol. The Hall–Kier alpha value is -1.45. The van der Waals surface area contributed by atoms with Gasteiger partial charge in [0.2, 0.25) is 10.0 Å². The first kappa shape index (κ1) is 19.9. The maximum atomic E-state index is 12.6. The molecule has 0 amide bonds. The standard InChI is InChI=1S/C16H23NO6S2/c1-11-9-13(16(18)19)5-8-15(11)25(22,23)17-14-6-3-12(4-7-14)10-24(2,20)21/h5,8-9,12,14,17H,3-4,6-7,10H2,1-2H3,(H,18,19). The number of hydrogen-bond donors (Lipinski definition) is 2. The van der Waals surface area contributed by atoms with E-state index in [1.807, 2.05) is 0 Å². The van der Waals surface area contributed by atoms with Gasteiger partial charge in [0, 0.05) is 12.3 Å². The van der Waals surface area contributed by atoms with Crippen LogP contribution < -0.4 is 4.72 Å². The zero-order chi connectivity index (χ0) is 18.8. The second kappa shape index (κ2) is 7.43. The van der Waals surface area contributed by atoms with Crippen LogP contribution in [0, 0.1) is 12.8 Å². The van der Waals surface area contributed by atoms with Crippen LogP contribution in [0.4, 0.5) is 0 Å². The molecule has 25 heavy (non-hydrogen) atoms. The van der Waals surface area contributed by atoms with Crippen LogP contribution in [0.25, 0.3) is 0 Å². The number of rotatable bonds is 6. The van der Waals surface area contributed by atoms with Gasteiger partial charge in [-0.05, 0) is 62.3 Å². The van der Waals surface area contributed by atoms with Crippen LogP contribution in [0.5, 0.6) is 0 Å². The Kier molecular flexibility index (Phi) is 5.90. The number of carboxylic acid groups (broad SMARTS) is 1. The van der Waals surface area contributed by atoms with Crippen LogP contribution in [0.2, 0.25) is 0 Å². The van der Waals surface area contributed by atoms with Crippen LogP contribution in [-0.2, 0) is 19.9 Å². The lowest BCUT2D eigenvalue weighted by atomic mass is 9.88. The molecule has 2 rings (SSSR count). The van der Waals surface area contributed by atoms with E-state index in [1.54, 1.807) is 6.92 Å². The van der Waals surface area contributed by atoms with Gasteiger partial charge in [0.05, 0.1) is 16.2 Å². The molecule has 1 saturated carbocycles. The molecule has 0 bridgehead atoms. The molecule has 9 heteroatoms. The minimum Gasteiger partial charge on any atom is -0.478 e. The molecule has 7 nitrogen and oxygen atoms in total. The molecule has 1 aromatic carbocycles. The van der Waals surface area contributed by atoms with Crippen LogP contribution >= 0.6 is 0 Å². The van der Waals surface area contributed by atoms with Gasteiger partial charge < -0.3 is 5.11 Å². The quantitative estimate of drug-likeness (QED) is 0.763. The van der Waals surface area contributed by atoms with Crippen molar-refractivity contribution in [2.24, 2.45) is 5.92 Å². The first-order valence-corrected chi connectivity index (χ1v) is 11.6. The van der Waals surface area contributed by atoms with Crippen molar-refractivity contribution in [1.82, 2.24) is 4.72 Å². The largest absolute Gasteiger partial charge is 0.478 e. The van der Waals surface area contributed by atoms with Crippen molar-refractivity contribution >= 4 is 25.8 Å². The fourth-order valence-electron chi connectivity index (χ4n) is 3.24. The number of carboxylic acids is 1. The summed E-state index contributed by atoms with van der Waals surface area (Å²) < 4.78 is 50.5. The van der Waals surface area contributed by atoms with Gasteiger partial charge in [0.15, 0.2) is 0 Å². The summed E-state index contributed by atoms with van der Waals surface area (Å²) in [4.78, 5) is 11.0. The molecule has 2 N–H and O–H groups in total. The number of benzene rings is 1. The Labute approximate surface area is 148 Å². The molecular weight excluding hydrogens is 366 g/mol. The van der Waals surface area contributed by atoms with Gasteiger partial charge in [-0.1, -0.05) is 0 Å². The molecule has 1 aliphatic rings. The average Bonchev–Trinajstić information content (AvgIpc) is 2.47. The highest BCUT2D eigenvalue weighted by Gasteiger charge is 2.28. The number of sulfone groups is 1. The van der Waals surface area contributed by atoms with E-state index in [0.29, 0.717) is 31.2 Å². The molecule has 0 aliphatic heterocycles.